The molecule has 0 aliphatic rings. The Morgan fingerprint density at radius 3 is 1.67 bits per heavy atom. The molecule has 0 aromatic carbocycles. The topological polar surface area (TPSA) is 40.1 Å². The van der Waals surface area contributed by atoms with Crippen LogP contribution >= 0.6 is 0 Å². The minimum absolute atomic E-state index is 0. The van der Waals surface area contributed by atoms with Gasteiger partial charge in [0.1, 0.15) is 0 Å². The second-order valence-corrected chi connectivity index (χ2v) is 0.492. The quantitative estimate of drug-likeness (QED) is 0.320. The van der Waals surface area contributed by atoms with Crippen molar-refractivity contribution in [2.24, 2.45) is 0 Å². The second-order valence-electron chi connectivity index (χ2n) is 0.492. The predicted molar refractivity (Wildman–Crippen MR) is 10.7 cm³/mol. The fourth-order valence-electron chi connectivity index (χ4n) is 0. The molecule has 0 aliphatic heterocycles. The summed E-state index contributed by atoms with van der Waals surface area (Å²) in [7, 11) is 0. The summed E-state index contributed by atoms with van der Waals surface area (Å²) in [5.74, 6) is -1.08. The first kappa shape index (κ1) is 15.8. The van der Waals surface area contributed by atoms with Crippen molar-refractivity contribution in [3.8, 4) is 0 Å². The van der Waals surface area contributed by atoms with Gasteiger partial charge in [-0.15, -0.1) is 0 Å². The van der Waals surface area contributed by atoms with E-state index in [1.54, 1.807) is 0 Å². The van der Waals surface area contributed by atoms with Gasteiger partial charge in [0.15, 0.2) is 0 Å². The second kappa shape index (κ2) is 9.36. The molecular formula is C2H3CoNaO2+2. The summed E-state index contributed by atoms with van der Waals surface area (Å²) in [4.78, 5) is 8.89. The fraction of sp³-hybridized carbons (Fsp3) is 0.500. The van der Waals surface area contributed by atoms with Crippen molar-refractivity contribution in [1.29, 1.82) is 0 Å². The molecule has 0 aliphatic carbocycles. The first-order chi connectivity index (χ1) is 1.73. The molecule has 0 amide bonds. The van der Waals surface area contributed by atoms with Gasteiger partial charge in [0, 0.05) is 5.97 Å². The number of hydrogen-bond acceptors (Lipinski definition) is 2. The maximum absolute atomic E-state index is 8.89. The van der Waals surface area contributed by atoms with Crippen molar-refractivity contribution >= 4 is 5.97 Å². The summed E-state index contributed by atoms with van der Waals surface area (Å²) in [6.45, 7) is 0.972. The van der Waals surface area contributed by atoms with Gasteiger partial charge in [-0.3, -0.25) is 0 Å². The van der Waals surface area contributed by atoms with Crippen LogP contribution in [0.1, 0.15) is 6.92 Å². The molecule has 1 radical (unpaired) electrons. The summed E-state index contributed by atoms with van der Waals surface area (Å²) in [6, 6.07) is 0. The van der Waals surface area contributed by atoms with Gasteiger partial charge in [0.05, 0.1) is 0 Å². The third-order valence-corrected chi connectivity index (χ3v) is 0. The molecular weight excluding hydrogens is 138 g/mol. The number of carbonyl (C=O) groups excluding carboxylic acids is 1. The molecule has 0 saturated carbocycles. The minimum Gasteiger partial charge on any atom is -0.550 e. The van der Waals surface area contributed by atoms with Crippen LogP contribution in [-0.2, 0) is 21.6 Å². The van der Waals surface area contributed by atoms with Gasteiger partial charge < -0.3 is 9.90 Å². The predicted octanol–water partition coefficient (Wildman–Crippen LogP) is -4.24. The van der Waals surface area contributed by atoms with Crippen LogP contribution in [0.25, 0.3) is 0 Å². The zero-order valence-electron chi connectivity index (χ0n) is 3.65. The normalized spacial score (nSPS) is 4.17. The van der Waals surface area contributed by atoms with Crippen LogP contribution in [0.2, 0.25) is 0 Å². The van der Waals surface area contributed by atoms with Crippen molar-refractivity contribution in [2.45, 2.75) is 6.92 Å². The molecule has 0 aromatic heterocycles. The number of hydrogen-bond donors (Lipinski definition) is 0. The monoisotopic (exact) mass is 141 g/mol. The molecule has 0 aromatic rings. The van der Waals surface area contributed by atoms with Crippen LogP contribution in [0.3, 0.4) is 0 Å². The van der Waals surface area contributed by atoms with E-state index in [4.69, 9.17) is 9.90 Å². The maximum atomic E-state index is 8.89. The first-order valence-electron chi connectivity index (χ1n) is 0.908. The molecule has 0 rings (SSSR count). The standard InChI is InChI=1S/C2H4O2.Co.Na/c1-2(3)4;;/h1H3,(H,3,4);;/q;+2;+1/p-1. The van der Waals surface area contributed by atoms with Gasteiger partial charge >= 0.3 is 46.3 Å². The van der Waals surface area contributed by atoms with E-state index in [9.17, 15) is 0 Å². The zero-order valence-corrected chi connectivity index (χ0v) is 6.69. The third-order valence-electron chi connectivity index (χ3n) is 0. The minimum atomic E-state index is -1.08. The van der Waals surface area contributed by atoms with Crippen LogP contribution in [0.5, 0.6) is 0 Å². The van der Waals surface area contributed by atoms with E-state index >= 15 is 0 Å². The van der Waals surface area contributed by atoms with Crippen LogP contribution in [0, 0.1) is 0 Å². The van der Waals surface area contributed by atoms with Crippen LogP contribution < -0.4 is 34.7 Å². The van der Waals surface area contributed by atoms with E-state index in [1.165, 1.54) is 0 Å². The third kappa shape index (κ3) is 82.5. The molecule has 4 heteroatoms. The van der Waals surface area contributed by atoms with Gasteiger partial charge in [-0.2, -0.15) is 0 Å². The smallest absolute Gasteiger partial charge is 0.550 e. The first-order valence-corrected chi connectivity index (χ1v) is 0.908. The van der Waals surface area contributed by atoms with Crippen LogP contribution in [0.15, 0.2) is 0 Å². The molecule has 0 fully saturated rings. The Labute approximate surface area is 68.8 Å². The van der Waals surface area contributed by atoms with Crippen molar-refractivity contribution in [3.05, 3.63) is 0 Å². The summed E-state index contributed by atoms with van der Waals surface area (Å²) in [6.07, 6.45) is 0. The van der Waals surface area contributed by atoms with Gasteiger partial charge in [0.25, 0.3) is 0 Å². The maximum Gasteiger partial charge on any atom is 2.00 e. The Kier molecular flexibility index (Phi) is 24.6. The van der Waals surface area contributed by atoms with Crippen molar-refractivity contribution < 1.29 is 56.2 Å². The van der Waals surface area contributed by atoms with Gasteiger partial charge in [-0.25, -0.2) is 0 Å². The average Bonchev–Trinajstić information content (AvgIpc) is 0.811. The van der Waals surface area contributed by atoms with E-state index in [-0.39, 0.29) is 46.3 Å². The molecule has 6 heavy (non-hydrogen) atoms. The Morgan fingerprint density at radius 2 is 1.67 bits per heavy atom. The van der Waals surface area contributed by atoms with Crippen molar-refractivity contribution in [2.75, 3.05) is 0 Å². The number of aliphatic carboxylic acids is 1. The Bertz CT molecular complexity index is 34.5. The fourth-order valence-corrected chi connectivity index (χ4v) is 0. The number of carboxylic acid groups (broad SMARTS) is 1. The summed E-state index contributed by atoms with van der Waals surface area (Å²) >= 11 is 0. The number of rotatable bonds is 0. The Hall–Kier alpha value is 0.976. The molecule has 0 atom stereocenters. The molecule has 2 nitrogen and oxygen atoms in total. The van der Waals surface area contributed by atoms with Gasteiger partial charge in [-0.05, 0) is 6.92 Å². The average molecular weight is 141 g/mol. The van der Waals surface area contributed by atoms with Crippen molar-refractivity contribution in [3.63, 3.8) is 0 Å². The van der Waals surface area contributed by atoms with Crippen molar-refractivity contribution in [1.82, 2.24) is 0 Å². The van der Waals surface area contributed by atoms with E-state index in [0.717, 1.165) is 6.92 Å². The zero-order chi connectivity index (χ0) is 3.58. The van der Waals surface area contributed by atoms with Gasteiger partial charge in [-0.1, -0.05) is 0 Å². The Morgan fingerprint density at radius 1 is 1.67 bits per heavy atom. The summed E-state index contributed by atoms with van der Waals surface area (Å²) in [5.41, 5.74) is 0. The van der Waals surface area contributed by atoms with E-state index < -0.39 is 5.97 Å². The Balaban J connectivity index is -0.0000000450. The summed E-state index contributed by atoms with van der Waals surface area (Å²) < 4.78 is 0. The SMILES string of the molecule is CC(=O)[O-].[Co+2].[Na+]. The number of carboxylic acids is 1. The molecule has 0 unspecified atom stereocenters. The van der Waals surface area contributed by atoms with Gasteiger partial charge in [0.2, 0.25) is 0 Å². The van der Waals surface area contributed by atoms with E-state index in [0.29, 0.717) is 0 Å². The van der Waals surface area contributed by atoms with E-state index in [1.807, 2.05) is 0 Å². The number of carbonyl (C=O) groups is 1. The van der Waals surface area contributed by atoms with Crippen LogP contribution in [0.4, 0.5) is 0 Å². The molecule has 31 valence electrons. The largest absolute Gasteiger partial charge is 2.00 e. The summed E-state index contributed by atoms with van der Waals surface area (Å²) in [5, 5.41) is 8.89. The van der Waals surface area contributed by atoms with E-state index in [2.05, 4.69) is 0 Å². The molecule has 0 saturated heterocycles. The molecule has 0 heterocycles. The molecule has 0 spiro atoms. The molecule has 0 N–H and O–H groups in total. The molecule has 0 bridgehead atoms. The van der Waals surface area contributed by atoms with Crippen LogP contribution in [-0.4, -0.2) is 5.97 Å².